The summed E-state index contributed by atoms with van der Waals surface area (Å²) in [6, 6.07) is 5.24. The van der Waals surface area contributed by atoms with Crippen molar-refractivity contribution in [2.24, 2.45) is 19.1 Å². The van der Waals surface area contributed by atoms with Crippen LogP contribution in [-0.4, -0.2) is 41.6 Å². The van der Waals surface area contributed by atoms with Crippen molar-refractivity contribution >= 4 is 23.1 Å². The molecular formula is C19H21N5O4. The molecule has 2 aromatic heterocycles. The highest BCUT2D eigenvalue weighted by Crippen LogP contribution is 2.35. The number of nitrogens with zero attached hydrogens (tertiary/aromatic N) is 4. The van der Waals surface area contributed by atoms with Gasteiger partial charge in [0.25, 0.3) is 5.56 Å². The fraction of sp³-hybridized carbons (Fsp3) is 0.263. The van der Waals surface area contributed by atoms with Crippen LogP contribution in [0.3, 0.4) is 0 Å². The van der Waals surface area contributed by atoms with Gasteiger partial charge >= 0.3 is 5.69 Å². The van der Waals surface area contributed by atoms with Gasteiger partial charge in [-0.2, -0.15) is 0 Å². The molecule has 1 aromatic carbocycles. The molecule has 0 spiro atoms. The van der Waals surface area contributed by atoms with Crippen molar-refractivity contribution < 1.29 is 9.47 Å². The maximum absolute atomic E-state index is 13.0. The van der Waals surface area contributed by atoms with E-state index in [4.69, 9.17) is 15.2 Å². The van der Waals surface area contributed by atoms with Gasteiger partial charge in [0, 0.05) is 44.6 Å². The van der Waals surface area contributed by atoms with Crippen LogP contribution >= 0.6 is 0 Å². The number of methoxy groups -OCH3 is 2. The second-order valence-corrected chi connectivity index (χ2v) is 6.18. The summed E-state index contributed by atoms with van der Waals surface area (Å²) in [4.78, 5) is 33.7. The zero-order chi connectivity index (χ0) is 20.6. The SMILES string of the molecule is CN=Cc1c(N)nc2c(c1-c1cc(OC)cc(OC)c1)c(=O)n(C)c(=O)n2C. The van der Waals surface area contributed by atoms with E-state index in [1.165, 1.54) is 32.0 Å². The summed E-state index contributed by atoms with van der Waals surface area (Å²) in [5.74, 6) is 1.23. The Morgan fingerprint density at radius 2 is 1.68 bits per heavy atom. The molecule has 0 atom stereocenters. The Balaban J connectivity index is 2.63. The number of nitrogen functional groups attached to an aromatic ring is 1. The highest BCUT2D eigenvalue weighted by Gasteiger charge is 2.21. The van der Waals surface area contributed by atoms with E-state index in [9.17, 15) is 9.59 Å². The van der Waals surface area contributed by atoms with Crippen molar-refractivity contribution in [2.75, 3.05) is 27.0 Å². The van der Waals surface area contributed by atoms with Crippen LogP contribution in [0.1, 0.15) is 5.56 Å². The Morgan fingerprint density at radius 3 is 2.21 bits per heavy atom. The molecule has 3 aromatic rings. The summed E-state index contributed by atoms with van der Waals surface area (Å²) >= 11 is 0. The molecule has 0 amide bonds. The summed E-state index contributed by atoms with van der Waals surface area (Å²) in [6.07, 6.45) is 1.54. The number of benzene rings is 1. The first-order valence-electron chi connectivity index (χ1n) is 8.38. The lowest BCUT2D eigenvalue weighted by Crippen LogP contribution is -2.37. The minimum atomic E-state index is -0.490. The lowest BCUT2D eigenvalue weighted by molar-refractivity contribution is 0.394. The third-order valence-electron chi connectivity index (χ3n) is 4.55. The van der Waals surface area contributed by atoms with E-state index in [1.54, 1.807) is 32.3 Å². The van der Waals surface area contributed by atoms with Crippen LogP contribution in [0.4, 0.5) is 5.82 Å². The molecule has 0 aliphatic rings. The maximum atomic E-state index is 13.0. The topological polar surface area (TPSA) is 114 Å². The van der Waals surface area contributed by atoms with Gasteiger partial charge in [-0.3, -0.25) is 18.9 Å². The summed E-state index contributed by atoms with van der Waals surface area (Å²) < 4.78 is 13.0. The van der Waals surface area contributed by atoms with Crippen LogP contribution in [0.2, 0.25) is 0 Å². The largest absolute Gasteiger partial charge is 0.497 e. The lowest BCUT2D eigenvalue weighted by atomic mass is 9.97. The van der Waals surface area contributed by atoms with Gasteiger partial charge < -0.3 is 15.2 Å². The number of nitrogens with two attached hydrogens (primary N) is 1. The van der Waals surface area contributed by atoms with E-state index < -0.39 is 11.2 Å². The molecular weight excluding hydrogens is 362 g/mol. The second-order valence-electron chi connectivity index (χ2n) is 6.18. The van der Waals surface area contributed by atoms with Crippen molar-refractivity contribution in [3.63, 3.8) is 0 Å². The van der Waals surface area contributed by atoms with E-state index >= 15 is 0 Å². The Hall–Kier alpha value is -3.62. The van der Waals surface area contributed by atoms with Crippen molar-refractivity contribution in [3.8, 4) is 22.6 Å². The fourth-order valence-corrected chi connectivity index (χ4v) is 3.13. The summed E-state index contributed by atoms with van der Waals surface area (Å²) in [5, 5.41) is 0.254. The van der Waals surface area contributed by atoms with Gasteiger partial charge in [0.05, 0.1) is 19.6 Å². The van der Waals surface area contributed by atoms with Crippen LogP contribution < -0.4 is 26.5 Å². The molecule has 28 heavy (non-hydrogen) atoms. The Bertz CT molecular complexity index is 1200. The van der Waals surface area contributed by atoms with Gasteiger partial charge in [0.2, 0.25) is 0 Å². The number of aryl methyl sites for hydroxylation is 1. The maximum Gasteiger partial charge on any atom is 0.332 e. The Kier molecular flexibility index (Phi) is 4.91. The number of ether oxygens (including phenoxy) is 2. The minimum absolute atomic E-state index is 0.151. The van der Waals surface area contributed by atoms with Crippen LogP contribution in [-0.2, 0) is 14.1 Å². The first-order valence-corrected chi connectivity index (χ1v) is 8.38. The van der Waals surface area contributed by atoms with E-state index in [0.29, 0.717) is 28.2 Å². The molecule has 3 rings (SSSR count). The molecule has 0 aliphatic heterocycles. The number of hydrogen-bond acceptors (Lipinski definition) is 7. The molecule has 0 saturated carbocycles. The van der Waals surface area contributed by atoms with Crippen molar-refractivity contribution in [1.29, 1.82) is 0 Å². The van der Waals surface area contributed by atoms with E-state index in [1.807, 2.05) is 0 Å². The summed E-state index contributed by atoms with van der Waals surface area (Å²) in [7, 11) is 7.63. The molecule has 0 aliphatic carbocycles. The lowest BCUT2D eigenvalue weighted by Gasteiger charge is -2.16. The van der Waals surface area contributed by atoms with E-state index in [0.717, 1.165) is 4.57 Å². The smallest absolute Gasteiger partial charge is 0.332 e. The Morgan fingerprint density at radius 1 is 1.07 bits per heavy atom. The quantitative estimate of drug-likeness (QED) is 0.671. The first-order chi connectivity index (χ1) is 13.3. The van der Waals surface area contributed by atoms with Crippen LogP contribution in [0.15, 0.2) is 32.8 Å². The third-order valence-corrected chi connectivity index (χ3v) is 4.55. The number of rotatable bonds is 4. The van der Waals surface area contributed by atoms with Crippen molar-refractivity contribution in [2.45, 2.75) is 0 Å². The Labute approximate surface area is 160 Å². The predicted molar refractivity (Wildman–Crippen MR) is 109 cm³/mol. The standard InChI is InChI=1S/C19H21N5O4/c1-21-9-13-14(10-6-11(27-4)8-12(7-10)28-5)15-17(22-16(13)20)23(2)19(26)24(3)18(15)25/h6-9H,1-5H3,(H2,20,22). The zero-order valence-corrected chi connectivity index (χ0v) is 16.3. The molecule has 2 heterocycles. The van der Waals surface area contributed by atoms with Crippen LogP contribution in [0.5, 0.6) is 11.5 Å². The first kappa shape index (κ1) is 19.2. The van der Waals surface area contributed by atoms with Gasteiger partial charge in [0.1, 0.15) is 17.3 Å². The molecule has 9 heteroatoms. The number of anilines is 1. The zero-order valence-electron chi connectivity index (χ0n) is 16.3. The van der Waals surface area contributed by atoms with Gasteiger partial charge in [-0.15, -0.1) is 0 Å². The fourth-order valence-electron chi connectivity index (χ4n) is 3.13. The molecule has 0 bridgehead atoms. The molecule has 0 radical (unpaired) electrons. The molecule has 146 valence electrons. The highest BCUT2D eigenvalue weighted by molar-refractivity contribution is 6.06. The summed E-state index contributed by atoms with van der Waals surface area (Å²) in [5.41, 5.74) is 6.99. The number of aliphatic imine (C=N–C) groups is 1. The predicted octanol–water partition coefficient (Wildman–Crippen LogP) is 0.947. The average Bonchev–Trinajstić information content (AvgIpc) is 2.71. The molecule has 0 unspecified atom stereocenters. The van der Waals surface area contributed by atoms with E-state index in [-0.39, 0.29) is 16.9 Å². The second kappa shape index (κ2) is 7.18. The number of aromatic nitrogens is 3. The van der Waals surface area contributed by atoms with Crippen molar-refractivity contribution in [3.05, 3.63) is 44.6 Å². The van der Waals surface area contributed by atoms with Gasteiger partial charge in [0.15, 0.2) is 5.65 Å². The molecule has 2 N–H and O–H groups in total. The van der Waals surface area contributed by atoms with Gasteiger partial charge in [-0.05, 0) is 17.7 Å². The van der Waals surface area contributed by atoms with E-state index in [2.05, 4.69) is 9.98 Å². The minimum Gasteiger partial charge on any atom is -0.497 e. The van der Waals surface area contributed by atoms with Crippen molar-refractivity contribution in [1.82, 2.24) is 14.1 Å². The molecule has 0 fully saturated rings. The number of pyridine rings is 1. The van der Waals surface area contributed by atoms with Gasteiger partial charge in [-0.25, -0.2) is 9.78 Å². The van der Waals surface area contributed by atoms with Crippen LogP contribution in [0.25, 0.3) is 22.2 Å². The highest BCUT2D eigenvalue weighted by atomic mass is 16.5. The monoisotopic (exact) mass is 383 g/mol. The molecule has 9 nitrogen and oxygen atoms in total. The number of hydrogen-bond donors (Lipinski definition) is 1. The number of fused-ring (bicyclic) bond motifs is 1. The van der Waals surface area contributed by atoms with Gasteiger partial charge in [-0.1, -0.05) is 0 Å². The van der Waals surface area contributed by atoms with Crippen LogP contribution in [0, 0.1) is 0 Å². The normalized spacial score (nSPS) is 11.3. The average molecular weight is 383 g/mol. The molecule has 0 saturated heterocycles. The summed E-state index contributed by atoms with van der Waals surface area (Å²) in [6.45, 7) is 0. The third kappa shape index (κ3) is 2.90.